The summed E-state index contributed by atoms with van der Waals surface area (Å²) >= 11 is 9.94. The Balaban J connectivity index is 2.13. The van der Waals surface area contributed by atoms with Crippen LogP contribution in [0.4, 0.5) is 5.69 Å². The molecule has 0 amide bonds. The predicted octanol–water partition coefficient (Wildman–Crippen LogP) is 3.85. The molecule has 2 nitrogen and oxygen atoms in total. The van der Waals surface area contributed by atoms with Crippen LogP contribution in [0.3, 0.4) is 0 Å². The third-order valence-corrected chi connectivity index (χ3v) is 4.09. The van der Waals surface area contributed by atoms with Gasteiger partial charge in [-0.2, -0.15) is 0 Å². The third-order valence-electron chi connectivity index (χ3n) is 1.97. The number of nitrogens with zero attached hydrogens (tertiary/aromatic N) is 1. The number of thioether (sulfide) groups is 1. The zero-order valence-corrected chi connectivity index (χ0v) is 11.7. The number of hydrogen-bond donors (Lipinski definition) is 1. The Morgan fingerprint density at radius 1 is 1.47 bits per heavy atom. The minimum absolute atomic E-state index is 0.767. The van der Waals surface area contributed by atoms with Gasteiger partial charge in [0.1, 0.15) is 0 Å². The number of nitrogens with one attached hydrogen (secondary N) is 1. The summed E-state index contributed by atoms with van der Waals surface area (Å²) in [7, 11) is 0. The molecule has 1 aromatic carbocycles. The lowest BCUT2D eigenvalue weighted by Crippen LogP contribution is -2.14. The molecule has 0 spiro atoms. The van der Waals surface area contributed by atoms with Crippen molar-refractivity contribution in [2.24, 2.45) is 4.99 Å². The molecule has 80 valence electrons. The van der Waals surface area contributed by atoms with Crippen LogP contribution in [-0.4, -0.2) is 17.5 Å². The molecule has 1 aromatic rings. The van der Waals surface area contributed by atoms with Crippen molar-refractivity contribution in [1.29, 1.82) is 0 Å². The molecule has 0 aliphatic carbocycles. The summed E-state index contributed by atoms with van der Waals surface area (Å²) in [4.78, 5) is 4.42. The van der Waals surface area contributed by atoms with Crippen LogP contribution < -0.4 is 5.32 Å². The lowest BCUT2D eigenvalue weighted by Gasteiger charge is -2.14. The second-order valence-corrected chi connectivity index (χ2v) is 5.82. The Labute approximate surface area is 112 Å². The van der Waals surface area contributed by atoms with Crippen LogP contribution in [0.2, 0.25) is 5.02 Å². The van der Waals surface area contributed by atoms with Gasteiger partial charge in [0.15, 0.2) is 5.17 Å². The maximum Gasteiger partial charge on any atom is 0.161 e. The Kier molecular flexibility index (Phi) is 4.16. The highest BCUT2D eigenvalue weighted by Crippen LogP contribution is 2.24. The van der Waals surface area contributed by atoms with Crippen LogP contribution in [0.25, 0.3) is 0 Å². The van der Waals surface area contributed by atoms with Gasteiger partial charge in [-0.05, 0) is 47.2 Å². The van der Waals surface area contributed by atoms with E-state index in [1.165, 1.54) is 6.42 Å². The molecule has 2 rings (SSSR count). The highest BCUT2D eigenvalue weighted by molar-refractivity contribution is 14.1. The molecule has 1 aliphatic heterocycles. The number of aliphatic imine (C=N–C) groups is 1. The molecule has 0 saturated heterocycles. The fourth-order valence-electron chi connectivity index (χ4n) is 1.24. The van der Waals surface area contributed by atoms with Gasteiger partial charge in [0.2, 0.25) is 0 Å². The predicted molar refractivity (Wildman–Crippen MR) is 77.2 cm³/mol. The molecule has 1 aliphatic rings. The van der Waals surface area contributed by atoms with Crippen LogP contribution in [0, 0.1) is 3.57 Å². The van der Waals surface area contributed by atoms with Crippen LogP contribution in [-0.2, 0) is 0 Å². The summed E-state index contributed by atoms with van der Waals surface area (Å²) in [5.74, 6) is 1.15. The first kappa shape index (κ1) is 11.5. The van der Waals surface area contributed by atoms with Crippen LogP contribution >= 0.6 is 46.0 Å². The zero-order chi connectivity index (χ0) is 10.7. The van der Waals surface area contributed by atoms with Gasteiger partial charge in [0.25, 0.3) is 0 Å². The average Bonchev–Trinajstić information content (AvgIpc) is 2.24. The minimum atomic E-state index is 0.767. The standard InChI is InChI=1S/C10H10ClIN2S/c11-7-2-3-9(8(12)6-7)14-10-13-4-1-5-15-10/h2-3,6H,1,4-5H2,(H,13,14). The van der Waals surface area contributed by atoms with E-state index in [9.17, 15) is 0 Å². The molecule has 0 fully saturated rings. The third kappa shape index (κ3) is 3.26. The summed E-state index contributed by atoms with van der Waals surface area (Å²) in [5, 5.41) is 5.11. The van der Waals surface area contributed by atoms with Crippen molar-refractivity contribution < 1.29 is 0 Å². The smallest absolute Gasteiger partial charge is 0.161 e. The molecule has 0 radical (unpaired) electrons. The highest BCUT2D eigenvalue weighted by atomic mass is 127. The lowest BCUT2D eigenvalue weighted by molar-refractivity contribution is 0.938. The average molecular weight is 353 g/mol. The number of benzene rings is 1. The quantitative estimate of drug-likeness (QED) is 0.776. The van der Waals surface area contributed by atoms with Crippen molar-refractivity contribution in [2.75, 3.05) is 17.6 Å². The molecule has 5 heteroatoms. The summed E-state index contributed by atoms with van der Waals surface area (Å²) < 4.78 is 1.12. The first-order valence-electron chi connectivity index (χ1n) is 4.65. The number of amidine groups is 1. The maximum absolute atomic E-state index is 5.89. The summed E-state index contributed by atoms with van der Waals surface area (Å²) in [5.41, 5.74) is 1.08. The largest absolute Gasteiger partial charge is 0.334 e. The normalized spacial score (nSPS) is 16.0. The van der Waals surface area contributed by atoms with Crippen LogP contribution in [0.1, 0.15) is 6.42 Å². The SMILES string of the molecule is Clc1ccc(NC2=NCCCS2)c(I)c1. The van der Waals surface area contributed by atoms with E-state index >= 15 is 0 Å². The molecular formula is C10H10ClIN2S. The van der Waals surface area contributed by atoms with Gasteiger partial charge in [0, 0.05) is 20.9 Å². The van der Waals surface area contributed by atoms with Gasteiger partial charge in [-0.15, -0.1) is 0 Å². The molecule has 0 saturated carbocycles. The Hall–Kier alpha value is 0.0600. The van der Waals surface area contributed by atoms with E-state index in [0.717, 1.165) is 31.7 Å². The zero-order valence-electron chi connectivity index (χ0n) is 7.96. The second-order valence-electron chi connectivity index (χ2n) is 3.14. The van der Waals surface area contributed by atoms with Gasteiger partial charge in [-0.25, -0.2) is 0 Å². The lowest BCUT2D eigenvalue weighted by atomic mass is 10.3. The van der Waals surface area contributed by atoms with Crippen molar-refractivity contribution in [3.63, 3.8) is 0 Å². The number of anilines is 1. The van der Waals surface area contributed by atoms with Gasteiger partial charge in [-0.3, -0.25) is 4.99 Å². The van der Waals surface area contributed by atoms with Gasteiger partial charge in [0.05, 0.1) is 5.69 Å². The molecule has 0 unspecified atom stereocenters. The van der Waals surface area contributed by atoms with Crippen LogP contribution in [0.15, 0.2) is 23.2 Å². The number of halogens is 2. The Morgan fingerprint density at radius 2 is 2.33 bits per heavy atom. The van der Waals surface area contributed by atoms with E-state index in [-0.39, 0.29) is 0 Å². The van der Waals surface area contributed by atoms with Gasteiger partial charge < -0.3 is 5.32 Å². The van der Waals surface area contributed by atoms with Gasteiger partial charge in [-0.1, -0.05) is 23.4 Å². The second kappa shape index (κ2) is 5.41. The van der Waals surface area contributed by atoms with Crippen molar-refractivity contribution in [2.45, 2.75) is 6.42 Å². The Bertz CT molecular complexity index is 395. The fraction of sp³-hybridized carbons (Fsp3) is 0.300. The Morgan fingerprint density at radius 3 is 3.00 bits per heavy atom. The molecule has 0 bridgehead atoms. The van der Waals surface area contributed by atoms with Gasteiger partial charge >= 0.3 is 0 Å². The topological polar surface area (TPSA) is 24.4 Å². The summed E-state index contributed by atoms with van der Waals surface area (Å²) in [6.45, 7) is 0.930. The van der Waals surface area contributed by atoms with Crippen molar-refractivity contribution in [1.82, 2.24) is 0 Å². The van der Waals surface area contributed by atoms with Crippen molar-refractivity contribution in [3.05, 3.63) is 26.8 Å². The minimum Gasteiger partial charge on any atom is -0.334 e. The van der Waals surface area contributed by atoms with E-state index in [4.69, 9.17) is 11.6 Å². The molecule has 0 aromatic heterocycles. The van der Waals surface area contributed by atoms with E-state index in [2.05, 4.69) is 32.9 Å². The molecule has 1 N–H and O–H groups in total. The first-order valence-corrected chi connectivity index (χ1v) is 7.09. The van der Waals surface area contributed by atoms with Crippen LogP contribution in [0.5, 0.6) is 0 Å². The van der Waals surface area contributed by atoms with E-state index in [1.54, 1.807) is 11.8 Å². The van der Waals surface area contributed by atoms with E-state index in [1.807, 2.05) is 18.2 Å². The molecule has 1 heterocycles. The maximum atomic E-state index is 5.89. The first-order chi connectivity index (χ1) is 7.25. The van der Waals surface area contributed by atoms with Crippen molar-refractivity contribution >= 4 is 56.8 Å². The summed E-state index contributed by atoms with van der Waals surface area (Å²) in [6, 6.07) is 5.82. The summed E-state index contributed by atoms with van der Waals surface area (Å²) in [6.07, 6.45) is 1.17. The molecular weight excluding hydrogens is 343 g/mol. The fourth-order valence-corrected chi connectivity index (χ4v) is 3.08. The molecule has 15 heavy (non-hydrogen) atoms. The highest BCUT2D eigenvalue weighted by Gasteiger charge is 2.07. The number of hydrogen-bond acceptors (Lipinski definition) is 3. The van der Waals surface area contributed by atoms with E-state index in [0.29, 0.717) is 0 Å². The van der Waals surface area contributed by atoms with E-state index < -0.39 is 0 Å². The monoisotopic (exact) mass is 352 g/mol. The molecule has 0 atom stereocenters. The number of rotatable bonds is 1. The van der Waals surface area contributed by atoms with Crippen molar-refractivity contribution in [3.8, 4) is 0 Å².